The molecule has 0 spiro atoms. The second kappa shape index (κ2) is 4.20. The average molecular weight is 252 g/mol. The van der Waals surface area contributed by atoms with E-state index in [9.17, 15) is 4.79 Å². The molecule has 0 radical (unpaired) electrons. The van der Waals surface area contributed by atoms with Crippen LogP contribution in [-0.4, -0.2) is 20.4 Å². The first kappa shape index (κ1) is 11.4. The Morgan fingerprint density at radius 3 is 2.84 bits per heavy atom. The fourth-order valence-corrected chi connectivity index (χ4v) is 2.17. The van der Waals surface area contributed by atoms with Crippen molar-refractivity contribution < 1.29 is 4.79 Å². The number of fused-ring (bicyclic) bond motifs is 1. The lowest BCUT2D eigenvalue weighted by molar-refractivity contribution is 0.0995. The molecule has 3 aromatic rings. The van der Waals surface area contributed by atoms with Crippen LogP contribution in [0.3, 0.4) is 0 Å². The Labute approximate surface area is 109 Å². The van der Waals surface area contributed by atoms with Gasteiger partial charge < -0.3 is 5.73 Å². The summed E-state index contributed by atoms with van der Waals surface area (Å²) in [7, 11) is 0. The normalized spacial score (nSPS) is 10.8. The summed E-state index contributed by atoms with van der Waals surface area (Å²) >= 11 is 0. The molecule has 2 N–H and O–H groups in total. The molecule has 0 saturated carbocycles. The number of amides is 1. The Morgan fingerprint density at radius 1 is 1.26 bits per heavy atom. The summed E-state index contributed by atoms with van der Waals surface area (Å²) in [6.07, 6.45) is 1.57. The van der Waals surface area contributed by atoms with Gasteiger partial charge in [0.15, 0.2) is 0 Å². The lowest BCUT2D eigenvalue weighted by Crippen LogP contribution is -2.13. The minimum Gasteiger partial charge on any atom is -0.364 e. The van der Waals surface area contributed by atoms with Gasteiger partial charge >= 0.3 is 0 Å². The number of imidazole rings is 1. The van der Waals surface area contributed by atoms with Gasteiger partial charge in [0, 0.05) is 6.20 Å². The van der Waals surface area contributed by atoms with Crippen LogP contribution in [0, 0.1) is 6.92 Å². The SMILES string of the molecule is Cc1nc2ccccc2n1-c1ccnc(C(N)=O)c1. The van der Waals surface area contributed by atoms with Crippen molar-refractivity contribution >= 4 is 16.9 Å². The molecule has 1 aromatic carbocycles. The van der Waals surface area contributed by atoms with Gasteiger partial charge in [-0.1, -0.05) is 12.1 Å². The van der Waals surface area contributed by atoms with E-state index in [-0.39, 0.29) is 5.69 Å². The molecule has 0 fully saturated rings. The number of carbonyl (C=O) groups is 1. The lowest BCUT2D eigenvalue weighted by atomic mass is 10.2. The van der Waals surface area contributed by atoms with E-state index in [0.717, 1.165) is 22.5 Å². The molecular formula is C14H12N4O. The number of benzene rings is 1. The highest BCUT2D eigenvalue weighted by Crippen LogP contribution is 2.20. The molecule has 3 rings (SSSR count). The van der Waals surface area contributed by atoms with Crippen LogP contribution in [0.2, 0.25) is 0 Å². The van der Waals surface area contributed by atoms with Crippen molar-refractivity contribution in [3.05, 3.63) is 54.1 Å². The molecule has 0 atom stereocenters. The standard InChI is InChI=1S/C14H12N4O/c1-9-17-11-4-2-3-5-13(11)18(9)10-6-7-16-12(8-10)14(15)19/h2-8H,1H3,(H2,15,19). The zero-order valence-electron chi connectivity index (χ0n) is 10.4. The van der Waals surface area contributed by atoms with Gasteiger partial charge in [0.05, 0.1) is 16.7 Å². The number of carbonyl (C=O) groups excluding carboxylic acids is 1. The summed E-state index contributed by atoms with van der Waals surface area (Å²) < 4.78 is 1.98. The number of primary amides is 1. The first-order chi connectivity index (χ1) is 9.16. The third kappa shape index (κ3) is 1.85. The lowest BCUT2D eigenvalue weighted by Gasteiger charge is -2.07. The van der Waals surface area contributed by atoms with Crippen molar-refractivity contribution in [2.75, 3.05) is 0 Å². The minimum atomic E-state index is -0.538. The summed E-state index contributed by atoms with van der Waals surface area (Å²) in [5.74, 6) is 0.312. The number of rotatable bonds is 2. The number of para-hydroxylation sites is 2. The van der Waals surface area contributed by atoms with E-state index in [1.807, 2.05) is 41.8 Å². The molecule has 2 heterocycles. The van der Waals surface area contributed by atoms with E-state index in [4.69, 9.17) is 5.73 Å². The largest absolute Gasteiger partial charge is 0.364 e. The number of aromatic nitrogens is 3. The van der Waals surface area contributed by atoms with E-state index in [1.54, 1.807) is 12.3 Å². The van der Waals surface area contributed by atoms with E-state index >= 15 is 0 Å². The second-order valence-corrected chi connectivity index (χ2v) is 4.25. The first-order valence-electron chi connectivity index (χ1n) is 5.87. The van der Waals surface area contributed by atoms with Gasteiger partial charge in [-0.15, -0.1) is 0 Å². The summed E-state index contributed by atoms with van der Waals surface area (Å²) in [5, 5.41) is 0. The molecule has 1 amide bonds. The Balaban J connectivity index is 2.27. The van der Waals surface area contributed by atoms with E-state index in [0.29, 0.717) is 0 Å². The van der Waals surface area contributed by atoms with Gasteiger partial charge in [-0.25, -0.2) is 4.98 Å². The molecule has 0 saturated heterocycles. The van der Waals surface area contributed by atoms with Crippen LogP contribution in [0.15, 0.2) is 42.6 Å². The number of nitrogens with two attached hydrogens (primary N) is 1. The molecule has 0 bridgehead atoms. The fraction of sp³-hybridized carbons (Fsp3) is 0.0714. The molecule has 0 aliphatic carbocycles. The summed E-state index contributed by atoms with van der Waals surface area (Å²) in [4.78, 5) is 19.6. The van der Waals surface area contributed by atoms with Crippen LogP contribution in [0.1, 0.15) is 16.3 Å². The molecule has 0 unspecified atom stereocenters. The maximum absolute atomic E-state index is 11.2. The van der Waals surface area contributed by atoms with Crippen LogP contribution in [0.25, 0.3) is 16.7 Å². The maximum Gasteiger partial charge on any atom is 0.267 e. The zero-order chi connectivity index (χ0) is 13.4. The number of hydrogen-bond acceptors (Lipinski definition) is 3. The molecule has 5 heteroatoms. The Bertz CT molecular complexity index is 776. The van der Waals surface area contributed by atoms with Crippen LogP contribution in [0.4, 0.5) is 0 Å². The number of pyridine rings is 1. The quantitative estimate of drug-likeness (QED) is 0.756. The summed E-state index contributed by atoms with van der Waals surface area (Å²) in [5.41, 5.74) is 8.24. The number of aryl methyl sites for hydroxylation is 1. The Morgan fingerprint density at radius 2 is 2.05 bits per heavy atom. The van der Waals surface area contributed by atoms with Crippen molar-refractivity contribution in [2.45, 2.75) is 6.92 Å². The first-order valence-corrected chi connectivity index (χ1v) is 5.87. The molecule has 0 aliphatic heterocycles. The van der Waals surface area contributed by atoms with E-state index < -0.39 is 5.91 Å². The van der Waals surface area contributed by atoms with Crippen LogP contribution < -0.4 is 5.73 Å². The fourth-order valence-electron chi connectivity index (χ4n) is 2.17. The smallest absolute Gasteiger partial charge is 0.267 e. The van der Waals surface area contributed by atoms with Crippen LogP contribution >= 0.6 is 0 Å². The molecule has 0 aliphatic rings. The number of nitrogens with zero attached hydrogens (tertiary/aromatic N) is 3. The topological polar surface area (TPSA) is 73.8 Å². The van der Waals surface area contributed by atoms with Crippen LogP contribution in [-0.2, 0) is 0 Å². The molecule has 5 nitrogen and oxygen atoms in total. The van der Waals surface area contributed by atoms with Gasteiger partial charge in [-0.05, 0) is 31.2 Å². The minimum absolute atomic E-state index is 0.245. The second-order valence-electron chi connectivity index (χ2n) is 4.25. The molecule has 94 valence electrons. The van der Waals surface area contributed by atoms with Crippen molar-refractivity contribution in [1.29, 1.82) is 0 Å². The van der Waals surface area contributed by atoms with Crippen molar-refractivity contribution in [3.63, 3.8) is 0 Å². The monoisotopic (exact) mass is 252 g/mol. The van der Waals surface area contributed by atoms with Gasteiger partial charge in [0.25, 0.3) is 5.91 Å². The zero-order valence-corrected chi connectivity index (χ0v) is 10.4. The molecular weight excluding hydrogens is 240 g/mol. The van der Waals surface area contributed by atoms with Crippen molar-refractivity contribution in [2.24, 2.45) is 5.73 Å². The van der Waals surface area contributed by atoms with E-state index in [2.05, 4.69) is 9.97 Å². The highest BCUT2D eigenvalue weighted by atomic mass is 16.1. The van der Waals surface area contributed by atoms with Crippen molar-refractivity contribution in [3.8, 4) is 5.69 Å². The highest BCUT2D eigenvalue weighted by Gasteiger charge is 2.10. The molecule has 19 heavy (non-hydrogen) atoms. The average Bonchev–Trinajstić information content (AvgIpc) is 2.74. The highest BCUT2D eigenvalue weighted by molar-refractivity contribution is 5.91. The summed E-state index contributed by atoms with van der Waals surface area (Å²) in [6.45, 7) is 1.92. The Kier molecular flexibility index (Phi) is 2.52. The number of hydrogen-bond donors (Lipinski definition) is 1. The van der Waals surface area contributed by atoms with Crippen molar-refractivity contribution in [1.82, 2.24) is 14.5 Å². The summed E-state index contributed by atoms with van der Waals surface area (Å²) in [6, 6.07) is 11.3. The van der Waals surface area contributed by atoms with Gasteiger partial charge in [0.2, 0.25) is 0 Å². The predicted molar refractivity (Wildman–Crippen MR) is 72.1 cm³/mol. The Hall–Kier alpha value is -2.69. The third-order valence-corrected chi connectivity index (χ3v) is 2.98. The maximum atomic E-state index is 11.2. The molecule has 2 aromatic heterocycles. The van der Waals surface area contributed by atoms with E-state index in [1.165, 1.54) is 0 Å². The van der Waals surface area contributed by atoms with Gasteiger partial charge in [0.1, 0.15) is 11.5 Å². The van der Waals surface area contributed by atoms with Gasteiger partial charge in [-0.2, -0.15) is 0 Å². The predicted octanol–water partition coefficient (Wildman–Crippen LogP) is 1.83. The van der Waals surface area contributed by atoms with Crippen LogP contribution in [0.5, 0.6) is 0 Å². The van der Waals surface area contributed by atoms with Gasteiger partial charge in [-0.3, -0.25) is 14.3 Å². The third-order valence-electron chi connectivity index (χ3n) is 2.98.